The van der Waals surface area contributed by atoms with Gasteiger partial charge in [0, 0.05) is 0 Å². The van der Waals surface area contributed by atoms with E-state index in [1.54, 1.807) is 0 Å². The van der Waals surface area contributed by atoms with Crippen molar-refractivity contribution in [2.45, 2.75) is 112 Å². The van der Waals surface area contributed by atoms with Crippen molar-refractivity contribution in [3.8, 4) is 0 Å². The highest BCUT2D eigenvalue weighted by Gasteiger charge is 2.55. The molecule has 3 atom stereocenters. The molecule has 0 aliphatic carbocycles. The fourth-order valence-electron chi connectivity index (χ4n) is 3.68. The van der Waals surface area contributed by atoms with E-state index in [0.29, 0.717) is 5.41 Å². The molecule has 132 valence electrons. The zero-order valence-corrected chi connectivity index (χ0v) is 16.8. The third-order valence-corrected chi connectivity index (χ3v) is 6.72. The van der Waals surface area contributed by atoms with Crippen molar-refractivity contribution in [2.24, 2.45) is 16.7 Å². The van der Waals surface area contributed by atoms with Crippen molar-refractivity contribution in [3.63, 3.8) is 0 Å². The van der Waals surface area contributed by atoms with Gasteiger partial charge in [-0.3, -0.25) is 0 Å². The normalized spacial score (nSPS) is 30.5. The summed E-state index contributed by atoms with van der Waals surface area (Å²) in [5.74, 6) is 0.291. The van der Waals surface area contributed by atoms with E-state index in [4.69, 9.17) is 9.47 Å². The first-order chi connectivity index (χ1) is 9.77. The lowest BCUT2D eigenvalue weighted by Gasteiger charge is -2.43. The van der Waals surface area contributed by atoms with E-state index in [1.165, 1.54) is 25.7 Å². The maximum absolute atomic E-state index is 6.34. The smallest absolute Gasteiger partial charge is 0.164 e. The Morgan fingerprint density at radius 2 is 1.64 bits per heavy atom. The molecule has 1 fully saturated rings. The SMILES string of the molecule is CCC(C)(C)[C@H](C)CCCC(C)(C)[C@]1(C)OC(C)(C)O[C@H]1C. The van der Waals surface area contributed by atoms with Crippen LogP contribution in [0.3, 0.4) is 0 Å². The predicted octanol–water partition coefficient (Wildman–Crippen LogP) is 6.19. The highest BCUT2D eigenvalue weighted by Crippen LogP contribution is 2.49. The summed E-state index contributed by atoms with van der Waals surface area (Å²) >= 11 is 0. The van der Waals surface area contributed by atoms with Gasteiger partial charge in [-0.2, -0.15) is 0 Å². The Bertz CT molecular complexity index is 370. The molecule has 1 aliphatic heterocycles. The van der Waals surface area contributed by atoms with E-state index >= 15 is 0 Å². The van der Waals surface area contributed by atoms with Crippen molar-refractivity contribution in [1.29, 1.82) is 0 Å². The molecule has 0 radical (unpaired) electrons. The monoisotopic (exact) mass is 312 g/mol. The summed E-state index contributed by atoms with van der Waals surface area (Å²) in [6.07, 6.45) is 5.10. The summed E-state index contributed by atoms with van der Waals surface area (Å²) in [6, 6.07) is 0. The van der Waals surface area contributed by atoms with Gasteiger partial charge in [0.05, 0.1) is 11.7 Å². The minimum absolute atomic E-state index is 0.107. The van der Waals surface area contributed by atoms with Gasteiger partial charge in [0.15, 0.2) is 5.79 Å². The lowest BCUT2D eigenvalue weighted by atomic mass is 9.68. The third kappa shape index (κ3) is 4.06. The maximum Gasteiger partial charge on any atom is 0.164 e. The Labute approximate surface area is 139 Å². The fraction of sp³-hybridized carbons (Fsp3) is 1.00. The van der Waals surface area contributed by atoms with Crippen LogP contribution < -0.4 is 0 Å². The molecule has 1 heterocycles. The van der Waals surface area contributed by atoms with Gasteiger partial charge in [-0.15, -0.1) is 0 Å². The second kappa shape index (κ2) is 6.43. The van der Waals surface area contributed by atoms with Crippen LogP contribution in [-0.2, 0) is 9.47 Å². The van der Waals surface area contributed by atoms with Gasteiger partial charge < -0.3 is 9.47 Å². The summed E-state index contributed by atoms with van der Waals surface area (Å²) in [6.45, 7) is 22.6. The van der Waals surface area contributed by atoms with Crippen LogP contribution in [0, 0.1) is 16.7 Å². The van der Waals surface area contributed by atoms with Crippen LogP contribution in [0.1, 0.15) is 94.9 Å². The van der Waals surface area contributed by atoms with E-state index in [2.05, 4.69) is 55.4 Å². The van der Waals surface area contributed by atoms with Crippen LogP contribution in [-0.4, -0.2) is 17.5 Å². The fourth-order valence-corrected chi connectivity index (χ4v) is 3.68. The molecule has 0 saturated carbocycles. The van der Waals surface area contributed by atoms with Crippen molar-refractivity contribution in [3.05, 3.63) is 0 Å². The first-order valence-electron chi connectivity index (χ1n) is 9.15. The van der Waals surface area contributed by atoms with Crippen LogP contribution in [0.25, 0.3) is 0 Å². The van der Waals surface area contributed by atoms with Crippen molar-refractivity contribution < 1.29 is 9.47 Å². The van der Waals surface area contributed by atoms with Gasteiger partial charge in [0.25, 0.3) is 0 Å². The molecule has 22 heavy (non-hydrogen) atoms. The third-order valence-electron chi connectivity index (χ3n) is 6.72. The molecule has 0 N–H and O–H groups in total. The molecule has 2 heteroatoms. The standard InChI is InChI=1S/C20H40O2/c1-11-17(4,5)15(2)13-12-14-18(6,7)20(10)16(3)21-19(8,9)22-20/h15-16H,11-14H2,1-10H3/t15-,16+,20-/m1/s1. The Hall–Kier alpha value is -0.0800. The molecule has 1 aliphatic rings. The zero-order chi connectivity index (χ0) is 17.4. The van der Waals surface area contributed by atoms with Crippen molar-refractivity contribution in [1.82, 2.24) is 0 Å². The number of hydrogen-bond acceptors (Lipinski definition) is 2. The molecule has 1 rings (SSSR count). The maximum atomic E-state index is 6.34. The lowest BCUT2D eigenvalue weighted by molar-refractivity contribution is -0.182. The average molecular weight is 313 g/mol. The summed E-state index contributed by atoms with van der Waals surface area (Å²) in [4.78, 5) is 0. The molecule has 0 spiro atoms. The molecule has 0 bridgehead atoms. The Morgan fingerprint density at radius 1 is 1.09 bits per heavy atom. The van der Waals surface area contributed by atoms with Crippen LogP contribution in [0.4, 0.5) is 0 Å². The van der Waals surface area contributed by atoms with Gasteiger partial charge in [-0.1, -0.05) is 60.8 Å². The number of hydrogen-bond donors (Lipinski definition) is 0. The summed E-state index contributed by atoms with van der Waals surface area (Å²) in [7, 11) is 0. The van der Waals surface area contributed by atoms with Crippen LogP contribution in [0.5, 0.6) is 0 Å². The molecular weight excluding hydrogens is 272 g/mol. The van der Waals surface area contributed by atoms with Gasteiger partial charge >= 0.3 is 0 Å². The first-order valence-corrected chi connectivity index (χ1v) is 9.15. The van der Waals surface area contributed by atoms with Crippen molar-refractivity contribution >= 4 is 0 Å². The molecule has 0 aromatic heterocycles. The lowest BCUT2D eigenvalue weighted by Crippen LogP contribution is -2.49. The summed E-state index contributed by atoms with van der Waals surface area (Å²) < 4.78 is 12.4. The molecule has 0 aromatic carbocycles. The Morgan fingerprint density at radius 3 is 2.05 bits per heavy atom. The summed E-state index contributed by atoms with van der Waals surface area (Å²) in [5.41, 5.74) is 0.326. The van der Waals surface area contributed by atoms with Crippen LogP contribution in [0.2, 0.25) is 0 Å². The molecule has 0 amide bonds. The van der Waals surface area contributed by atoms with Crippen molar-refractivity contribution in [2.75, 3.05) is 0 Å². The molecule has 1 saturated heterocycles. The predicted molar refractivity (Wildman–Crippen MR) is 95.0 cm³/mol. The number of ether oxygens (including phenoxy) is 2. The van der Waals surface area contributed by atoms with Crippen LogP contribution >= 0.6 is 0 Å². The highest BCUT2D eigenvalue weighted by molar-refractivity contribution is 5.00. The van der Waals surface area contributed by atoms with E-state index in [1.807, 2.05) is 13.8 Å². The minimum atomic E-state index is -0.469. The average Bonchev–Trinajstić information content (AvgIpc) is 2.58. The number of rotatable bonds is 7. The molecule has 0 aromatic rings. The van der Waals surface area contributed by atoms with Gasteiger partial charge in [0.1, 0.15) is 0 Å². The second-order valence-corrected chi connectivity index (χ2v) is 9.39. The van der Waals surface area contributed by atoms with E-state index in [9.17, 15) is 0 Å². The van der Waals surface area contributed by atoms with E-state index < -0.39 is 5.79 Å². The highest BCUT2D eigenvalue weighted by atomic mass is 16.8. The largest absolute Gasteiger partial charge is 0.345 e. The Kier molecular flexibility index (Phi) is 5.84. The Balaban J connectivity index is 2.65. The topological polar surface area (TPSA) is 18.5 Å². The molecular formula is C20H40O2. The van der Waals surface area contributed by atoms with E-state index in [-0.39, 0.29) is 17.1 Å². The second-order valence-electron chi connectivity index (χ2n) is 9.39. The zero-order valence-electron chi connectivity index (χ0n) is 16.8. The summed E-state index contributed by atoms with van der Waals surface area (Å²) in [5, 5.41) is 0. The van der Waals surface area contributed by atoms with E-state index in [0.717, 1.165) is 5.92 Å². The minimum Gasteiger partial charge on any atom is -0.345 e. The van der Waals surface area contributed by atoms with Crippen LogP contribution in [0.15, 0.2) is 0 Å². The van der Waals surface area contributed by atoms with Gasteiger partial charge in [-0.25, -0.2) is 0 Å². The molecule has 0 unspecified atom stereocenters. The quantitative estimate of drug-likeness (QED) is 0.558. The van der Waals surface area contributed by atoms with Gasteiger partial charge in [-0.05, 0) is 50.9 Å². The molecule has 2 nitrogen and oxygen atoms in total. The van der Waals surface area contributed by atoms with Gasteiger partial charge in [0.2, 0.25) is 0 Å². The first kappa shape index (κ1) is 20.0.